The van der Waals surface area contributed by atoms with E-state index in [0.717, 1.165) is 5.75 Å². The topological polar surface area (TPSA) is 46.2 Å². The van der Waals surface area contributed by atoms with Gasteiger partial charge < -0.3 is 23.7 Å². The highest BCUT2D eigenvalue weighted by Crippen LogP contribution is 2.43. The van der Waals surface area contributed by atoms with Crippen LogP contribution in [0.25, 0.3) is 0 Å². The van der Waals surface area contributed by atoms with Gasteiger partial charge >= 0.3 is 0 Å². The second kappa shape index (κ2) is 13.3. The first kappa shape index (κ1) is 23.1. The van der Waals surface area contributed by atoms with Crippen LogP contribution in [0.3, 0.4) is 0 Å². The second-order valence-electron chi connectivity index (χ2n) is 5.66. The van der Waals surface area contributed by atoms with Crippen molar-refractivity contribution in [3.8, 4) is 0 Å². The molecule has 0 saturated carbocycles. The molecule has 0 aliphatic carbocycles. The van der Waals surface area contributed by atoms with E-state index < -0.39 is 4.93 Å². The number of thioether (sulfide) groups is 1. The lowest BCUT2D eigenvalue weighted by Gasteiger charge is -2.34. The fourth-order valence-electron chi connectivity index (χ4n) is 2.80. The molecule has 1 rings (SSSR count). The molecule has 0 bridgehead atoms. The third-order valence-corrected chi connectivity index (χ3v) is 4.92. The number of rotatable bonds is 16. The van der Waals surface area contributed by atoms with Crippen molar-refractivity contribution in [2.24, 2.45) is 0 Å². The molecule has 1 saturated heterocycles. The Labute approximate surface area is 162 Å². The minimum atomic E-state index is -0.686. The van der Waals surface area contributed by atoms with E-state index in [-0.39, 0.29) is 18.3 Å². The number of hydrogen-bond acceptors (Lipinski definition) is 6. The second-order valence-corrected chi connectivity index (χ2v) is 7.22. The van der Waals surface area contributed by atoms with E-state index in [9.17, 15) is 0 Å². The lowest BCUT2D eigenvalue weighted by Crippen LogP contribution is -2.47. The van der Waals surface area contributed by atoms with Crippen LogP contribution in [0, 0.1) is 0 Å². The van der Waals surface area contributed by atoms with Crippen molar-refractivity contribution >= 4 is 11.8 Å². The van der Waals surface area contributed by atoms with E-state index in [1.54, 1.807) is 36.1 Å². The van der Waals surface area contributed by atoms with E-state index >= 15 is 0 Å². The van der Waals surface area contributed by atoms with Crippen LogP contribution in [0.4, 0.5) is 0 Å². The molecule has 0 aromatic carbocycles. The maximum absolute atomic E-state index is 6.43. The zero-order valence-corrected chi connectivity index (χ0v) is 16.6. The molecule has 6 heteroatoms. The van der Waals surface area contributed by atoms with Crippen LogP contribution in [0.15, 0.2) is 50.6 Å². The van der Waals surface area contributed by atoms with Crippen molar-refractivity contribution in [3.63, 3.8) is 0 Å². The highest BCUT2D eigenvalue weighted by Gasteiger charge is 2.57. The molecule has 0 radical (unpaired) electrons. The molecule has 1 unspecified atom stereocenters. The Morgan fingerprint density at radius 1 is 0.923 bits per heavy atom. The molecule has 148 valence electrons. The van der Waals surface area contributed by atoms with Gasteiger partial charge in [0.15, 0.2) is 4.93 Å². The molecule has 26 heavy (non-hydrogen) atoms. The first-order chi connectivity index (χ1) is 12.7. The summed E-state index contributed by atoms with van der Waals surface area (Å²) in [5.41, 5.74) is 0. The monoisotopic (exact) mass is 384 g/mol. The molecular weight excluding hydrogens is 352 g/mol. The molecule has 5 nitrogen and oxygen atoms in total. The van der Waals surface area contributed by atoms with E-state index in [0.29, 0.717) is 39.6 Å². The first-order valence-electron chi connectivity index (χ1n) is 8.83. The fraction of sp³-hybridized carbons (Fsp3) is 0.600. The molecule has 0 amide bonds. The summed E-state index contributed by atoms with van der Waals surface area (Å²) in [4.78, 5) is -0.686. The molecule has 0 aromatic heterocycles. The van der Waals surface area contributed by atoms with Gasteiger partial charge in [-0.3, -0.25) is 0 Å². The molecular formula is C20H32O5S. The summed E-state index contributed by atoms with van der Waals surface area (Å²) < 4.78 is 29.9. The van der Waals surface area contributed by atoms with Gasteiger partial charge in [-0.05, 0) is 5.75 Å². The van der Waals surface area contributed by atoms with Gasteiger partial charge in [0.2, 0.25) is 0 Å². The summed E-state index contributed by atoms with van der Waals surface area (Å²) in [7, 11) is 0. The van der Waals surface area contributed by atoms with Crippen LogP contribution < -0.4 is 0 Å². The van der Waals surface area contributed by atoms with Crippen molar-refractivity contribution in [2.45, 2.75) is 30.2 Å². The molecule has 1 aliphatic rings. The largest absolute Gasteiger partial charge is 0.375 e. The lowest BCUT2D eigenvalue weighted by atomic mass is 10.1. The van der Waals surface area contributed by atoms with E-state index in [1.165, 1.54) is 0 Å². The molecule has 0 spiro atoms. The Balaban J connectivity index is 3.06. The Kier molecular flexibility index (Phi) is 11.8. The fourth-order valence-corrected chi connectivity index (χ4v) is 4.02. The van der Waals surface area contributed by atoms with Crippen molar-refractivity contribution in [1.82, 2.24) is 0 Å². The van der Waals surface area contributed by atoms with Crippen LogP contribution in [0.2, 0.25) is 0 Å². The standard InChI is InChI=1S/C20H32O5S/c1-6-11-21-15-17-18(23-13-8-3)19(24-14-9-4)20(25-17,26-10-5)16-22-12-7-2/h6-9,17-19H,1-4,10-16H2,5H3/t17-,18-,19+,20?/m1/s1. The van der Waals surface area contributed by atoms with Gasteiger partial charge in [-0.25, -0.2) is 0 Å². The molecule has 0 aromatic rings. The van der Waals surface area contributed by atoms with Crippen LogP contribution in [-0.2, 0) is 23.7 Å². The molecule has 0 N–H and O–H groups in total. The average Bonchev–Trinajstić information content (AvgIpc) is 2.91. The summed E-state index contributed by atoms with van der Waals surface area (Å²) in [6.07, 6.45) is 5.95. The maximum atomic E-state index is 6.43. The Morgan fingerprint density at radius 2 is 1.54 bits per heavy atom. The van der Waals surface area contributed by atoms with E-state index in [1.807, 2.05) is 0 Å². The third kappa shape index (κ3) is 6.68. The Bertz CT molecular complexity index is 442. The molecule has 1 fully saturated rings. The number of hydrogen-bond donors (Lipinski definition) is 0. The zero-order chi connectivity index (χ0) is 19.3. The minimum Gasteiger partial charge on any atom is -0.375 e. The van der Waals surface area contributed by atoms with Crippen molar-refractivity contribution in [1.29, 1.82) is 0 Å². The Morgan fingerprint density at radius 3 is 2.15 bits per heavy atom. The predicted octanol–water partition coefficient (Wildman–Crippen LogP) is 3.38. The summed E-state index contributed by atoms with van der Waals surface area (Å²) in [5.74, 6) is 0.847. The van der Waals surface area contributed by atoms with Gasteiger partial charge in [0.25, 0.3) is 0 Å². The van der Waals surface area contributed by atoms with Crippen LogP contribution in [0.5, 0.6) is 0 Å². The normalized spacial score (nSPS) is 28.0. The quantitative estimate of drug-likeness (QED) is 0.300. The van der Waals surface area contributed by atoms with E-state index in [2.05, 4.69) is 33.2 Å². The first-order valence-corrected chi connectivity index (χ1v) is 9.81. The van der Waals surface area contributed by atoms with Crippen molar-refractivity contribution in [2.75, 3.05) is 45.4 Å². The van der Waals surface area contributed by atoms with Gasteiger partial charge in [-0.1, -0.05) is 31.2 Å². The average molecular weight is 385 g/mol. The SMILES string of the molecule is C=CCOC[C@H]1OC(COCC=C)(SCC)[C@@H](OCC=C)[C@@H]1OCC=C. The summed E-state index contributed by atoms with van der Waals surface area (Å²) >= 11 is 1.65. The summed E-state index contributed by atoms with van der Waals surface area (Å²) in [6.45, 7) is 19.4. The zero-order valence-electron chi connectivity index (χ0n) is 15.8. The molecule has 1 heterocycles. The van der Waals surface area contributed by atoms with Crippen LogP contribution in [0.1, 0.15) is 6.92 Å². The van der Waals surface area contributed by atoms with Crippen molar-refractivity contribution in [3.05, 3.63) is 50.6 Å². The van der Waals surface area contributed by atoms with E-state index in [4.69, 9.17) is 23.7 Å². The molecule has 1 aliphatic heterocycles. The van der Waals surface area contributed by atoms with Gasteiger partial charge in [0.1, 0.15) is 18.3 Å². The highest BCUT2D eigenvalue weighted by atomic mass is 32.2. The minimum absolute atomic E-state index is 0.281. The van der Waals surface area contributed by atoms with Gasteiger partial charge in [-0.2, -0.15) is 0 Å². The van der Waals surface area contributed by atoms with Crippen LogP contribution >= 0.6 is 11.8 Å². The number of ether oxygens (including phenoxy) is 5. The lowest BCUT2D eigenvalue weighted by molar-refractivity contribution is -0.0887. The van der Waals surface area contributed by atoms with Gasteiger partial charge in [-0.15, -0.1) is 38.1 Å². The Hall–Kier alpha value is -0.890. The predicted molar refractivity (Wildman–Crippen MR) is 108 cm³/mol. The summed E-state index contributed by atoms with van der Waals surface area (Å²) in [5, 5.41) is 0. The maximum Gasteiger partial charge on any atom is 0.166 e. The third-order valence-electron chi connectivity index (χ3n) is 3.69. The smallest absolute Gasteiger partial charge is 0.166 e. The van der Waals surface area contributed by atoms with Crippen LogP contribution in [-0.4, -0.2) is 68.6 Å². The summed E-state index contributed by atoms with van der Waals surface area (Å²) in [6, 6.07) is 0. The van der Waals surface area contributed by atoms with Crippen molar-refractivity contribution < 1.29 is 23.7 Å². The van der Waals surface area contributed by atoms with Gasteiger partial charge in [0.05, 0.1) is 39.6 Å². The molecule has 4 atom stereocenters. The van der Waals surface area contributed by atoms with Gasteiger partial charge in [0, 0.05) is 0 Å². The highest BCUT2D eigenvalue weighted by molar-refractivity contribution is 8.00.